The predicted molar refractivity (Wildman–Crippen MR) is 99.6 cm³/mol. The smallest absolute Gasteiger partial charge is 0.119 e. The van der Waals surface area contributed by atoms with Crippen molar-refractivity contribution in [1.29, 1.82) is 0 Å². The summed E-state index contributed by atoms with van der Waals surface area (Å²) in [4.78, 5) is 2.65. The van der Waals surface area contributed by atoms with Crippen molar-refractivity contribution in [2.75, 3.05) is 59.7 Å². The quantitative estimate of drug-likeness (QED) is 0.892. The minimum absolute atomic E-state index is 0.0898. The van der Waals surface area contributed by atoms with Crippen LogP contribution < -0.4 is 10.1 Å². The van der Waals surface area contributed by atoms with Gasteiger partial charge in [-0.05, 0) is 42.5 Å². The van der Waals surface area contributed by atoms with Crippen LogP contribution in [0, 0.1) is 11.3 Å². The molecule has 3 saturated heterocycles. The highest BCUT2D eigenvalue weighted by molar-refractivity contribution is 5.41. The number of benzene rings is 1. The van der Waals surface area contributed by atoms with E-state index < -0.39 is 0 Å². The lowest BCUT2D eigenvalue weighted by atomic mass is 9.77. The first-order chi connectivity index (χ1) is 12.7. The zero-order valence-corrected chi connectivity index (χ0v) is 15.8. The first-order valence-electron chi connectivity index (χ1n) is 10.1. The van der Waals surface area contributed by atoms with Gasteiger partial charge in [-0.15, -0.1) is 0 Å². The van der Waals surface area contributed by atoms with Gasteiger partial charge in [0.25, 0.3) is 0 Å². The van der Waals surface area contributed by atoms with Crippen LogP contribution in [0.15, 0.2) is 18.2 Å². The van der Waals surface area contributed by atoms with Gasteiger partial charge in [0.15, 0.2) is 0 Å². The molecule has 0 unspecified atom stereocenters. The fourth-order valence-electron chi connectivity index (χ4n) is 5.61. The Morgan fingerprint density at radius 3 is 3.04 bits per heavy atom. The normalized spacial score (nSPS) is 33.2. The third-order valence-electron chi connectivity index (χ3n) is 7.20. The van der Waals surface area contributed by atoms with Crippen LogP contribution in [0.2, 0.25) is 0 Å². The number of piperidine rings is 1. The lowest BCUT2D eigenvalue weighted by Gasteiger charge is -2.46. The summed E-state index contributed by atoms with van der Waals surface area (Å²) in [6.07, 6.45) is 3.16. The van der Waals surface area contributed by atoms with Gasteiger partial charge < -0.3 is 24.4 Å². The Morgan fingerprint density at radius 2 is 2.19 bits per heavy atom. The number of nitrogens with one attached hydrogen (secondary N) is 1. The minimum atomic E-state index is -0.0898. The van der Waals surface area contributed by atoms with E-state index in [1.54, 1.807) is 7.11 Å². The van der Waals surface area contributed by atoms with Gasteiger partial charge in [-0.3, -0.25) is 0 Å². The van der Waals surface area contributed by atoms with Crippen LogP contribution >= 0.6 is 0 Å². The molecule has 5 nitrogen and oxygen atoms in total. The second-order valence-corrected chi connectivity index (χ2v) is 8.60. The van der Waals surface area contributed by atoms with Gasteiger partial charge in [-0.2, -0.15) is 0 Å². The monoisotopic (exact) mass is 358 g/mol. The average Bonchev–Trinajstić information content (AvgIpc) is 3.23. The summed E-state index contributed by atoms with van der Waals surface area (Å²) in [5.41, 5.74) is 3.05. The Labute approximate surface area is 156 Å². The van der Waals surface area contributed by atoms with Crippen molar-refractivity contribution < 1.29 is 14.2 Å². The Kier molecular flexibility index (Phi) is 4.24. The molecule has 4 heterocycles. The second kappa shape index (κ2) is 6.48. The van der Waals surface area contributed by atoms with E-state index in [1.807, 2.05) is 0 Å². The summed E-state index contributed by atoms with van der Waals surface area (Å²) in [5.74, 6) is 1.65. The third kappa shape index (κ3) is 2.68. The van der Waals surface area contributed by atoms with E-state index in [0.717, 1.165) is 77.6 Å². The molecule has 1 N–H and O–H groups in total. The SMILES string of the molecule is COc1ccc2c(c1)CCOC21CCN(C[C@]23CNC[C@H]2COC3)CC1. The van der Waals surface area contributed by atoms with Gasteiger partial charge in [-0.1, -0.05) is 6.07 Å². The van der Waals surface area contributed by atoms with Crippen LogP contribution in [-0.4, -0.2) is 64.6 Å². The van der Waals surface area contributed by atoms with E-state index in [4.69, 9.17) is 14.2 Å². The van der Waals surface area contributed by atoms with Crippen LogP contribution in [0.1, 0.15) is 24.0 Å². The number of ether oxygens (including phenoxy) is 3. The molecule has 0 radical (unpaired) electrons. The summed E-state index contributed by atoms with van der Waals surface area (Å²) in [6.45, 7) is 8.29. The average molecular weight is 358 g/mol. The first-order valence-corrected chi connectivity index (χ1v) is 10.1. The molecule has 1 aromatic rings. The topological polar surface area (TPSA) is 43.0 Å². The number of hydrogen-bond acceptors (Lipinski definition) is 5. The van der Waals surface area contributed by atoms with Crippen LogP contribution in [0.3, 0.4) is 0 Å². The van der Waals surface area contributed by atoms with Crippen molar-refractivity contribution in [3.05, 3.63) is 29.3 Å². The third-order valence-corrected chi connectivity index (χ3v) is 7.20. The lowest BCUT2D eigenvalue weighted by molar-refractivity contribution is -0.102. The zero-order chi connectivity index (χ0) is 17.6. The highest BCUT2D eigenvalue weighted by Crippen LogP contribution is 2.44. The minimum Gasteiger partial charge on any atom is -0.497 e. The predicted octanol–water partition coefficient (Wildman–Crippen LogP) is 1.79. The van der Waals surface area contributed by atoms with Gasteiger partial charge in [-0.25, -0.2) is 0 Å². The molecule has 5 rings (SSSR count). The van der Waals surface area contributed by atoms with Gasteiger partial charge in [0, 0.05) is 44.1 Å². The highest BCUT2D eigenvalue weighted by Gasteiger charge is 2.49. The molecule has 1 aromatic carbocycles. The maximum Gasteiger partial charge on any atom is 0.119 e. The number of likely N-dealkylation sites (tertiary alicyclic amines) is 1. The first kappa shape index (κ1) is 17.0. The second-order valence-electron chi connectivity index (χ2n) is 8.60. The van der Waals surface area contributed by atoms with Gasteiger partial charge >= 0.3 is 0 Å². The molecule has 4 aliphatic rings. The maximum atomic E-state index is 6.41. The van der Waals surface area contributed by atoms with E-state index >= 15 is 0 Å². The Hall–Kier alpha value is -1.14. The number of hydrogen-bond donors (Lipinski definition) is 1. The molecule has 1 spiro atoms. The van der Waals surface area contributed by atoms with E-state index in [2.05, 4.69) is 28.4 Å². The Morgan fingerprint density at radius 1 is 1.31 bits per heavy atom. The molecule has 5 heteroatoms. The van der Waals surface area contributed by atoms with Crippen LogP contribution in [-0.2, 0) is 21.5 Å². The Bertz CT molecular complexity index is 659. The fourth-order valence-corrected chi connectivity index (χ4v) is 5.61. The van der Waals surface area contributed by atoms with Gasteiger partial charge in [0.1, 0.15) is 5.75 Å². The molecule has 0 bridgehead atoms. The van der Waals surface area contributed by atoms with Crippen molar-refractivity contribution in [2.24, 2.45) is 11.3 Å². The molecule has 0 amide bonds. The van der Waals surface area contributed by atoms with Crippen molar-refractivity contribution in [1.82, 2.24) is 10.2 Å². The number of methoxy groups -OCH3 is 1. The van der Waals surface area contributed by atoms with E-state index in [0.29, 0.717) is 11.3 Å². The molecule has 2 atom stereocenters. The number of rotatable bonds is 3. The lowest BCUT2D eigenvalue weighted by Crippen LogP contribution is -2.51. The van der Waals surface area contributed by atoms with Crippen LogP contribution in [0.4, 0.5) is 0 Å². The Balaban J connectivity index is 1.30. The molecule has 0 saturated carbocycles. The zero-order valence-electron chi connectivity index (χ0n) is 15.8. The van der Waals surface area contributed by atoms with Gasteiger partial charge in [0.05, 0.1) is 32.5 Å². The van der Waals surface area contributed by atoms with E-state index in [1.165, 1.54) is 11.1 Å². The largest absolute Gasteiger partial charge is 0.497 e. The molecule has 4 aliphatic heterocycles. The summed E-state index contributed by atoms with van der Waals surface area (Å²) >= 11 is 0. The molecular formula is C21H30N2O3. The summed E-state index contributed by atoms with van der Waals surface area (Å²) in [5, 5.41) is 3.59. The summed E-state index contributed by atoms with van der Waals surface area (Å²) in [7, 11) is 1.74. The van der Waals surface area contributed by atoms with E-state index in [-0.39, 0.29) is 5.60 Å². The molecule has 26 heavy (non-hydrogen) atoms. The molecule has 142 valence electrons. The van der Waals surface area contributed by atoms with Crippen molar-refractivity contribution in [3.8, 4) is 5.75 Å². The van der Waals surface area contributed by atoms with Crippen LogP contribution in [0.5, 0.6) is 5.75 Å². The van der Waals surface area contributed by atoms with Gasteiger partial charge in [0.2, 0.25) is 0 Å². The van der Waals surface area contributed by atoms with E-state index in [9.17, 15) is 0 Å². The van der Waals surface area contributed by atoms with Crippen LogP contribution in [0.25, 0.3) is 0 Å². The number of nitrogens with zero attached hydrogens (tertiary/aromatic N) is 1. The van der Waals surface area contributed by atoms with Crippen molar-refractivity contribution >= 4 is 0 Å². The fraction of sp³-hybridized carbons (Fsp3) is 0.714. The molecule has 3 fully saturated rings. The summed E-state index contributed by atoms with van der Waals surface area (Å²) < 4.78 is 17.7. The number of fused-ring (bicyclic) bond motifs is 3. The highest BCUT2D eigenvalue weighted by atomic mass is 16.5. The standard InChI is InChI=1S/C21H30N2O3/c1-24-18-2-3-19-16(10-18)4-9-26-21(19)5-7-23(8-6-21)14-20-13-22-11-17(20)12-25-15-20/h2-3,10,17,22H,4-9,11-15H2,1H3/t17-,20-/m0/s1. The van der Waals surface area contributed by atoms with Crippen molar-refractivity contribution in [3.63, 3.8) is 0 Å². The molecule has 0 aliphatic carbocycles. The molecular weight excluding hydrogens is 328 g/mol. The maximum absolute atomic E-state index is 6.41. The molecule has 0 aromatic heterocycles. The van der Waals surface area contributed by atoms with Crippen molar-refractivity contribution in [2.45, 2.75) is 24.9 Å². The summed E-state index contributed by atoms with van der Waals surface area (Å²) in [6, 6.07) is 6.53.